The van der Waals surface area contributed by atoms with E-state index in [1.165, 1.54) is 18.0 Å². The molecule has 112 valence electrons. The molecule has 2 aromatic rings. The molecule has 0 aliphatic rings. The molecule has 0 atom stereocenters. The van der Waals surface area contributed by atoms with E-state index in [1.54, 1.807) is 0 Å². The van der Waals surface area contributed by atoms with Crippen LogP contribution >= 0.6 is 15.9 Å². The molecule has 1 aromatic carbocycles. The maximum atomic E-state index is 13.7. The van der Waals surface area contributed by atoms with E-state index in [0.717, 1.165) is 6.07 Å². The Morgan fingerprint density at radius 2 is 2.05 bits per heavy atom. The Bertz CT molecular complexity index is 688. The second-order valence-corrected chi connectivity index (χ2v) is 4.96. The molecule has 1 heterocycles. The number of ketones is 1. The standard InChI is InChI=1S/C13H10BrF3N2O2/c1-21-5-4-19-12(8(14)6-18-19)13(20)7-2-3-9(15)11(17)10(7)16/h2-3,6H,4-5H2,1H3. The van der Waals surface area contributed by atoms with Crippen LogP contribution in [0.3, 0.4) is 0 Å². The van der Waals surface area contributed by atoms with Crippen LogP contribution < -0.4 is 0 Å². The number of ether oxygens (including phenoxy) is 1. The Morgan fingerprint density at radius 1 is 1.33 bits per heavy atom. The van der Waals surface area contributed by atoms with E-state index in [2.05, 4.69) is 21.0 Å². The van der Waals surface area contributed by atoms with Crippen molar-refractivity contribution in [3.8, 4) is 0 Å². The molecule has 0 aliphatic heterocycles. The van der Waals surface area contributed by atoms with Gasteiger partial charge in [0.05, 0.1) is 29.4 Å². The van der Waals surface area contributed by atoms with Crippen molar-refractivity contribution in [3.63, 3.8) is 0 Å². The fourth-order valence-electron chi connectivity index (χ4n) is 1.76. The lowest BCUT2D eigenvalue weighted by molar-refractivity contribution is 0.101. The van der Waals surface area contributed by atoms with E-state index >= 15 is 0 Å². The van der Waals surface area contributed by atoms with Crippen molar-refractivity contribution < 1.29 is 22.7 Å². The summed E-state index contributed by atoms with van der Waals surface area (Å²) in [6, 6.07) is 1.60. The summed E-state index contributed by atoms with van der Waals surface area (Å²) in [6.45, 7) is 0.545. The van der Waals surface area contributed by atoms with Crippen LogP contribution in [0.25, 0.3) is 0 Å². The molecule has 0 aliphatic carbocycles. The van der Waals surface area contributed by atoms with Gasteiger partial charge in [0, 0.05) is 7.11 Å². The number of benzene rings is 1. The first-order valence-corrected chi connectivity index (χ1v) is 6.65. The van der Waals surface area contributed by atoms with Gasteiger partial charge in [0.15, 0.2) is 17.5 Å². The van der Waals surface area contributed by atoms with E-state index in [4.69, 9.17) is 4.74 Å². The molecular formula is C13H10BrF3N2O2. The predicted molar refractivity (Wildman–Crippen MR) is 71.6 cm³/mol. The summed E-state index contributed by atoms with van der Waals surface area (Å²) in [4.78, 5) is 12.3. The number of halogens is 4. The van der Waals surface area contributed by atoms with Crippen LogP contribution in [0.1, 0.15) is 16.1 Å². The van der Waals surface area contributed by atoms with Gasteiger partial charge < -0.3 is 4.74 Å². The van der Waals surface area contributed by atoms with Gasteiger partial charge in [0.2, 0.25) is 5.78 Å². The fourth-order valence-corrected chi connectivity index (χ4v) is 2.24. The molecule has 0 bridgehead atoms. The Labute approximate surface area is 126 Å². The highest BCUT2D eigenvalue weighted by atomic mass is 79.9. The molecule has 1 aromatic heterocycles. The number of methoxy groups -OCH3 is 1. The van der Waals surface area contributed by atoms with Crippen LogP contribution in [0.4, 0.5) is 13.2 Å². The van der Waals surface area contributed by atoms with Crippen LogP contribution in [-0.2, 0) is 11.3 Å². The summed E-state index contributed by atoms with van der Waals surface area (Å²) >= 11 is 3.13. The van der Waals surface area contributed by atoms with Gasteiger partial charge >= 0.3 is 0 Å². The molecule has 8 heteroatoms. The molecule has 0 spiro atoms. The second-order valence-electron chi connectivity index (χ2n) is 4.11. The molecule has 0 radical (unpaired) electrons. The lowest BCUT2D eigenvalue weighted by Gasteiger charge is -2.08. The van der Waals surface area contributed by atoms with Crippen LogP contribution in [-0.4, -0.2) is 29.3 Å². The highest BCUT2D eigenvalue weighted by Crippen LogP contribution is 2.23. The molecule has 2 rings (SSSR count). The smallest absolute Gasteiger partial charge is 0.215 e. The van der Waals surface area contributed by atoms with Crippen molar-refractivity contribution in [3.05, 3.63) is 51.5 Å². The zero-order valence-corrected chi connectivity index (χ0v) is 12.5. The minimum Gasteiger partial charge on any atom is -0.383 e. The third kappa shape index (κ3) is 3.01. The molecule has 0 saturated carbocycles. The molecule has 0 N–H and O–H groups in total. The fraction of sp³-hybridized carbons (Fsp3) is 0.231. The average molecular weight is 363 g/mol. The second kappa shape index (κ2) is 6.40. The molecular weight excluding hydrogens is 353 g/mol. The van der Waals surface area contributed by atoms with Gasteiger partial charge in [-0.25, -0.2) is 13.2 Å². The first-order chi connectivity index (χ1) is 9.97. The van der Waals surface area contributed by atoms with Crippen LogP contribution in [0.2, 0.25) is 0 Å². The summed E-state index contributed by atoms with van der Waals surface area (Å²) in [7, 11) is 1.48. The van der Waals surface area contributed by atoms with E-state index in [-0.39, 0.29) is 18.8 Å². The number of carbonyl (C=O) groups excluding carboxylic acids is 1. The Hall–Kier alpha value is -1.67. The lowest BCUT2D eigenvalue weighted by Crippen LogP contribution is -2.16. The van der Waals surface area contributed by atoms with Crippen molar-refractivity contribution in [2.45, 2.75) is 6.54 Å². The lowest BCUT2D eigenvalue weighted by atomic mass is 10.1. The number of hydrogen-bond donors (Lipinski definition) is 0. The first-order valence-electron chi connectivity index (χ1n) is 5.85. The summed E-state index contributed by atoms with van der Waals surface area (Å²) in [5.41, 5.74) is -0.522. The van der Waals surface area contributed by atoms with Crippen molar-refractivity contribution in [2.24, 2.45) is 0 Å². The van der Waals surface area contributed by atoms with Crippen LogP contribution in [0, 0.1) is 17.5 Å². The maximum absolute atomic E-state index is 13.7. The highest BCUT2D eigenvalue weighted by molar-refractivity contribution is 9.10. The zero-order chi connectivity index (χ0) is 15.6. The summed E-state index contributed by atoms with van der Waals surface area (Å²) in [5.74, 6) is -5.35. The van der Waals surface area contributed by atoms with E-state index in [0.29, 0.717) is 10.5 Å². The topological polar surface area (TPSA) is 44.1 Å². The van der Waals surface area contributed by atoms with Gasteiger partial charge in [-0.15, -0.1) is 0 Å². The zero-order valence-electron chi connectivity index (χ0n) is 10.9. The Kier molecular flexibility index (Phi) is 4.79. The summed E-state index contributed by atoms with van der Waals surface area (Å²) in [6.07, 6.45) is 1.36. The summed E-state index contributed by atoms with van der Waals surface area (Å²) < 4.78 is 46.4. The third-order valence-corrected chi connectivity index (χ3v) is 3.38. The van der Waals surface area contributed by atoms with Crippen LogP contribution in [0.5, 0.6) is 0 Å². The SMILES string of the molecule is COCCn1ncc(Br)c1C(=O)c1ccc(F)c(F)c1F. The van der Waals surface area contributed by atoms with Crippen LogP contribution in [0.15, 0.2) is 22.8 Å². The quantitative estimate of drug-likeness (QED) is 0.606. The molecule has 0 unspecified atom stereocenters. The Morgan fingerprint density at radius 3 is 2.71 bits per heavy atom. The minimum atomic E-state index is -1.68. The Balaban J connectivity index is 2.45. The molecule has 0 fully saturated rings. The van der Waals surface area contributed by atoms with Gasteiger partial charge in [0.1, 0.15) is 5.69 Å². The molecule has 0 saturated heterocycles. The number of aromatic nitrogens is 2. The van der Waals surface area contributed by atoms with Gasteiger partial charge in [-0.2, -0.15) is 5.10 Å². The minimum absolute atomic E-state index is 0.0389. The van der Waals surface area contributed by atoms with E-state index < -0.39 is 28.8 Å². The van der Waals surface area contributed by atoms with Crippen molar-refractivity contribution >= 4 is 21.7 Å². The van der Waals surface area contributed by atoms with Gasteiger partial charge in [-0.1, -0.05) is 0 Å². The number of rotatable bonds is 5. The monoisotopic (exact) mass is 362 g/mol. The summed E-state index contributed by atoms with van der Waals surface area (Å²) in [5, 5.41) is 3.95. The van der Waals surface area contributed by atoms with E-state index in [9.17, 15) is 18.0 Å². The third-order valence-electron chi connectivity index (χ3n) is 2.80. The number of nitrogens with zero attached hydrogens (tertiary/aromatic N) is 2. The predicted octanol–water partition coefficient (Wildman–Crippen LogP) is 2.94. The van der Waals surface area contributed by atoms with Crippen molar-refractivity contribution in [2.75, 3.05) is 13.7 Å². The highest BCUT2D eigenvalue weighted by Gasteiger charge is 2.24. The molecule has 4 nitrogen and oxygen atoms in total. The number of carbonyl (C=O) groups is 1. The molecule has 21 heavy (non-hydrogen) atoms. The molecule has 0 amide bonds. The number of hydrogen-bond acceptors (Lipinski definition) is 3. The normalized spacial score (nSPS) is 10.9. The maximum Gasteiger partial charge on any atom is 0.215 e. The van der Waals surface area contributed by atoms with Gasteiger partial charge in [-0.3, -0.25) is 9.48 Å². The average Bonchev–Trinajstić information content (AvgIpc) is 2.83. The largest absolute Gasteiger partial charge is 0.383 e. The van der Waals surface area contributed by atoms with Gasteiger partial charge in [0.25, 0.3) is 0 Å². The first kappa shape index (κ1) is 15.7. The van der Waals surface area contributed by atoms with Gasteiger partial charge in [-0.05, 0) is 28.1 Å². The van der Waals surface area contributed by atoms with Crippen molar-refractivity contribution in [1.82, 2.24) is 9.78 Å². The van der Waals surface area contributed by atoms with Crippen molar-refractivity contribution in [1.29, 1.82) is 0 Å². The van der Waals surface area contributed by atoms with E-state index in [1.807, 2.05) is 0 Å².